The lowest BCUT2D eigenvalue weighted by Gasteiger charge is -2.24. The van der Waals surface area contributed by atoms with Gasteiger partial charge in [-0.15, -0.1) is 0 Å². The normalized spacial score (nSPS) is 13.1. The first kappa shape index (κ1) is 24.4. The number of nitrogen functional groups attached to an aromatic ring is 1. The Hall–Kier alpha value is -4.74. The minimum absolute atomic E-state index is 0.0717. The largest absolute Gasteiger partial charge is 0.490 e. The molecule has 1 atom stereocenters. The van der Waals surface area contributed by atoms with E-state index in [2.05, 4.69) is 25.9 Å². The first-order valence-electron chi connectivity index (χ1n) is 11.1. The maximum atomic E-state index is 14.0. The molecule has 0 radical (unpaired) electrons. The molecule has 2 heterocycles. The highest BCUT2D eigenvalue weighted by Gasteiger charge is 2.25. The summed E-state index contributed by atoms with van der Waals surface area (Å²) < 4.78 is 25.4. The maximum absolute atomic E-state index is 14.0. The Morgan fingerprint density at radius 2 is 1.83 bits per heavy atom. The maximum Gasteiger partial charge on any atom is 0.327 e. The summed E-state index contributed by atoms with van der Waals surface area (Å²) in [7, 11) is 0. The van der Waals surface area contributed by atoms with E-state index in [0.29, 0.717) is 47.9 Å². The molecule has 1 unspecified atom stereocenters. The summed E-state index contributed by atoms with van der Waals surface area (Å²) in [6.07, 6.45) is 3.59. The van der Waals surface area contributed by atoms with Crippen LogP contribution in [0.25, 0.3) is 0 Å². The Kier molecular flexibility index (Phi) is 7.54. The number of nitrogens with zero attached hydrogens (tertiary/aromatic N) is 2. The SMILES string of the molecule is N=C(N)c1ccc(NC(C(=N)NC(=O)Nc2ncccn2)c2cc(CF)c3c(c2)OCCCO3)cc1. The van der Waals surface area contributed by atoms with Gasteiger partial charge in [0.15, 0.2) is 11.5 Å². The number of ether oxygens (including phenoxy) is 2. The van der Waals surface area contributed by atoms with Crippen LogP contribution >= 0.6 is 0 Å². The minimum atomic E-state index is -0.905. The lowest BCUT2D eigenvalue weighted by Crippen LogP contribution is -2.40. The van der Waals surface area contributed by atoms with E-state index in [9.17, 15) is 9.18 Å². The van der Waals surface area contributed by atoms with Crippen LogP contribution in [-0.4, -0.2) is 40.9 Å². The summed E-state index contributed by atoms with van der Waals surface area (Å²) >= 11 is 0. The molecule has 0 aliphatic carbocycles. The summed E-state index contributed by atoms with van der Waals surface area (Å²) in [5, 5.41) is 24.3. The molecule has 2 aromatic carbocycles. The fourth-order valence-corrected chi connectivity index (χ4v) is 3.56. The van der Waals surface area contributed by atoms with E-state index in [1.165, 1.54) is 12.4 Å². The Morgan fingerprint density at radius 1 is 1.11 bits per heavy atom. The second kappa shape index (κ2) is 11.1. The molecule has 1 aliphatic rings. The summed E-state index contributed by atoms with van der Waals surface area (Å²) in [6.45, 7) is 0.0107. The van der Waals surface area contributed by atoms with Crippen LogP contribution in [0.15, 0.2) is 54.9 Å². The van der Waals surface area contributed by atoms with Gasteiger partial charge in [0.1, 0.15) is 24.4 Å². The number of alkyl halides is 1. The van der Waals surface area contributed by atoms with Crippen molar-refractivity contribution in [2.45, 2.75) is 19.1 Å². The molecule has 0 spiro atoms. The number of rotatable bonds is 7. The highest BCUT2D eigenvalue weighted by Crippen LogP contribution is 2.38. The van der Waals surface area contributed by atoms with E-state index in [4.69, 9.17) is 26.0 Å². The molecule has 0 bridgehead atoms. The van der Waals surface area contributed by atoms with E-state index in [0.717, 1.165) is 0 Å². The van der Waals surface area contributed by atoms with Crippen LogP contribution in [0.2, 0.25) is 0 Å². The standard InChI is InChI=1S/C24H25FN8O3/c25-13-16-11-15(12-18-20(16)36-10-2-9-35-18)19(31-17-5-3-14(4-6-17)21(26)27)22(28)32-24(34)33-23-29-7-1-8-30-23/h1,3-8,11-12,19,31H,2,9-10,13H2,(H3,26,27)(H3,28,29,30,32,33,34). The van der Waals surface area contributed by atoms with Crippen molar-refractivity contribution < 1.29 is 18.7 Å². The highest BCUT2D eigenvalue weighted by molar-refractivity contribution is 6.04. The van der Waals surface area contributed by atoms with Crippen LogP contribution in [-0.2, 0) is 6.67 Å². The average Bonchev–Trinajstić information content (AvgIpc) is 3.13. The zero-order valence-electron chi connectivity index (χ0n) is 19.2. The lowest BCUT2D eigenvalue weighted by atomic mass is 10.0. The molecule has 2 amide bonds. The summed E-state index contributed by atoms with van der Waals surface area (Å²) in [5.74, 6) is 0.469. The average molecular weight is 493 g/mol. The number of hydrogen-bond acceptors (Lipinski definition) is 8. The zero-order valence-corrected chi connectivity index (χ0v) is 19.2. The van der Waals surface area contributed by atoms with Crippen molar-refractivity contribution >= 4 is 29.3 Å². The molecule has 0 fully saturated rings. The van der Waals surface area contributed by atoms with Gasteiger partial charge in [0, 0.05) is 35.6 Å². The van der Waals surface area contributed by atoms with Gasteiger partial charge in [0.25, 0.3) is 0 Å². The molecule has 7 N–H and O–H groups in total. The number of hydrogen-bond donors (Lipinski definition) is 6. The predicted molar refractivity (Wildman–Crippen MR) is 133 cm³/mol. The van der Waals surface area contributed by atoms with Gasteiger partial charge >= 0.3 is 6.03 Å². The zero-order chi connectivity index (χ0) is 25.5. The fourth-order valence-electron chi connectivity index (χ4n) is 3.56. The van der Waals surface area contributed by atoms with Crippen LogP contribution in [0.4, 0.5) is 20.8 Å². The highest BCUT2D eigenvalue weighted by atomic mass is 19.1. The third-order valence-corrected chi connectivity index (χ3v) is 5.26. The minimum Gasteiger partial charge on any atom is -0.490 e. The van der Waals surface area contributed by atoms with Gasteiger partial charge < -0.3 is 20.5 Å². The van der Waals surface area contributed by atoms with E-state index in [1.807, 2.05) is 0 Å². The molecule has 1 aliphatic heterocycles. The van der Waals surface area contributed by atoms with Crippen molar-refractivity contribution in [3.05, 3.63) is 71.5 Å². The van der Waals surface area contributed by atoms with Crippen molar-refractivity contribution in [2.75, 3.05) is 23.8 Å². The number of halogens is 1. The number of amides is 2. The van der Waals surface area contributed by atoms with Gasteiger partial charge in [-0.2, -0.15) is 0 Å². The smallest absolute Gasteiger partial charge is 0.327 e. The van der Waals surface area contributed by atoms with Crippen molar-refractivity contribution in [1.29, 1.82) is 10.8 Å². The first-order chi connectivity index (χ1) is 17.4. The first-order valence-corrected chi connectivity index (χ1v) is 11.1. The number of aromatic nitrogens is 2. The lowest BCUT2D eigenvalue weighted by molar-refractivity contribution is 0.255. The quantitative estimate of drug-likeness (QED) is 0.217. The monoisotopic (exact) mass is 492 g/mol. The molecule has 186 valence electrons. The number of benzene rings is 2. The number of anilines is 2. The molecule has 11 nitrogen and oxygen atoms in total. The van der Waals surface area contributed by atoms with E-state index in [1.54, 1.807) is 42.5 Å². The molecular weight excluding hydrogens is 467 g/mol. The Morgan fingerprint density at radius 3 is 2.53 bits per heavy atom. The summed E-state index contributed by atoms with van der Waals surface area (Å²) in [4.78, 5) is 20.4. The number of fused-ring (bicyclic) bond motifs is 1. The Labute approximate surface area is 206 Å². The van der Waals surface area contributed by atoms with E-state index < -0.39 is 18.7 Å². The summed E-state index contributed by atoms with van der Waals surface area (Å²) in [5.41, 5.74) is 7.40. The van der Waals surface area contributed by atoms with Crippen LogP contribution < -0.4 is 31.2 Å². The predicted octanol–water partition coefficient (Wildman–Crippen LogP) is 3.34. The molecule has 4 rings (SSSR count). The fraction of sp³-hybridized carbons (Fsp3) is 0.208. The van der Waals surface area contributed by atoms with E-state index >= 15 is 0 Å². The molecule has 0 saturated heterocycles. The second-order valence-corrected chi connectivity index (χ2v) is 7.82. The molecule has 0 saturated carbocycles. The van der Waals surface area contributed by atoms with Crippen molar-refractivity contribution in [3.63, 3.8) is 0 Å². The molecule has 12 heteroatoms. The van der Waals surface area contributed by atoms with Gasteiger partial charge in [-0.05, 0) is 48.0 Å². The number of nitrogens with two attached hydrogens (primary N) is 1. The van der Waals surface area contributed by atoms with Gasteiger partial charge in [-0.25, -0.2) is 19.2 Å². The van der Waals surface area contributed by atoms with Crippen molar-refractivity contribution in [3.8, 4) is 11.5 Å². The van der Waals surface area contributed by atoms with E-state index in [-0.39, 0.29) is 23.2 Å². The Bertz CT molecular complexity index is 1250. The van der Waals surface area contributed by atoms with Crippen molar-refractivity contribution in [2.24, 2.45) is 5.73 Å². The second-order valence-electron chi connectivity index (χ2n) is 7.82. The van der Waals surface area contributed by atoms with Gasteiger partial charge in [-0.1, -0.05) is 0 Å². The molecule has 3 aromatic rings. The van der Waals surface area contributed by atoms with Crippen LogP contribution in [0.1, 0.15) is 29.2 Å². The molecule has 1 aromatic heterocycles. The van der Waals surface area contributed by atoms with Crippen LogP contribution in [0.3, 0.4) is 0 Å². The molecule has 36 heavy (non-hydrogen) atoms. The van der Waals surface area contributed by atoms with Crippen LogP contribution in [0, 0.1) is 10.8 Å². The van der Waals surface area contributed by atoms with Gasteiger partial charge in [-0.3, -0.25) is 21.5 Å². The van der Waals surface area contributed by atoms with Gasteiger partial charge in [0.05, 0.1) is 13.2 Å². The van der Waals surface area contributed by atoms with Crippen LogP contribution in [0.5, 0.6) is 11.5 Å². The topological polar surface area (TPSA) is 171 Å². The number of carbonyl (C=O) groups is 1. The Balaban J connectivity index is 1.64. The number of amidine groups is 2. The third kappa shape index (κ3) is 5.84. The summed E-state index contributed by atoms with van der Waals surface area (Å²) in [6, 6.07) is 9.90. The number of nitrogens with one attached hydrogen (secondary N) is 5. The number of urea groups is 1. The molecular formula is C24H25FN8O3. The number of carbonyl (C=O) groups excluding carboxylic acids is 1. The third-order valence-electron chi connectivity index (χ3n) is 5.26. The van der Waals surface area contributed by atoms with Crippen molar-refractivity contribution in [1.82, 2.24) is 15.3 Å². The van der Waals surface area contributed by atoms with Gasteiger partial charge in [0.2, 0.25) is 5.95 Å².